The first kappa shape index (κ1) is 17.4. The minimum atomic E-state index is 0.236. The van der Waals surface area contributed by atoms with Crippen LogP contribution in [0, 0.1) is 0 Å². The summed E-state index contributed by atoms with van der Waals surface area (Å²) in [5.74, 6) is 7.08. The number of halogens is 1. The Kier molecular flexibility index (Phi) is 5.35. The number of rotatable bonds is 6. The molecule has 1 saturated carbocycles. The Morgan fingerprint density at radius 1 is 1.16 bits per heavy atom. The van der Waals surface area contributed by atoms with Crippen LogP contribution in [0.15, 0.2) is 24.3 Å². The van der Waals surface area contributed by atoms with Crippen LogP contribution in [0.3, 0.4) is 0 Å². The number of aromatic nitrogens is 1. The van der Waals surface area contributed by atoms with Gasteiger partial charge in [0.2, 0.25) is 0 Å². The zero-order valence-electron chi connectivity index (χ0n) is 13.8. The zero-order valence-corrected chi connectivity index (χ0v) is 14.6. The molecule has 3 rings (SSSR count). The summed E-state index contributed by atoms with van der Waals surface area (Å²) < 4.78 is 11.9. The molecular weight excluding hydrogens is 342 g/mol. The van der Waals surface area contributed by atoms with Gasteiger partial charge in [-0.25, -0.2) is 10.8 Å². The first-order valence-electron chi connectivity index (χ1n) is 8.17. The van der Waals surface area contributed by atoms with Crippen LogP contribution >= 0.6 is 11.6 Å². The van der Waals surface area contributed by atoms with Gasteiger partial charge in [-0.2, -0.15) is 0 Å². The van der Waals surface area contributed by atoms with Crippen LogP contribution in [0.4, 0.5) is 17.3 Å². The number of anilines is 3. The summed E-state index contributed by atoms with van der Waals surface area (Å²) in [6.07, 6.45) is 4.79. The van der Waals surface area contributed by atoms with Crippen LogP contribution < -0.4 is 32.2 Å². The maximum Gasteiger partial charge on any atom is 0.169 e. The Morgan fingerprint density at radius 3 is 2.64 bits per heavy atom. The minimum Gasteiger partial charge on any atom is -0.490 e. The Balaban J connectivity index is 1.78. The summed E-state index contributed by atoms with van der Waals surface area (Å²) >= 11 is 6.13. The number of nitrogen functional groups attached to an aromatic ring is 3. The lowest BCUT2D eigenvalue weighted by Gasteiger charge is -2.18. The molecule has 1 aromatic heterocycles. The van der Waals surface area contributed by atoms with Crippen molar-refractivity contribution in [3.8, 4) is 11.5 Å². The van der Waals surface area contributed by atoms with Gasteiger partial charge in [0.1, 0.15) is 29.6 Å². The number of hydrogen-bond acceptors (Lipinski definition) is 7. The molecule has 0 aliphatic heterocycles. The third-order valence-electron chi connectivity index (χ3n) is 4.18. The summed E-state index contributed by atoms with van der Waals surface area (Å²) in [7, 11) is 0. The Labute approximate surface area is 151 Å². The van der Waals surface area contributed by atoms with Crippen molar-refractivity contribution in [1.29, 1.82) is 0 Å². The number of pyridine rings is 1. The van der Waals surface area contributed by atoms with Crippen molar-refractivity contribution in [1.82, 2.24) is 4.98 Å². The molecule has 0 saturated heterocycles. The summed E-state index contributed by atoms with van der Waals surface area (Å²) in [6, 6.07) is 7.06. The van der Waals surface area contributed by atoms with Gasteiger partial charge in [0.15, 0.2) is 5.82 Å². The highest BCUT2D eigenvalue weighted by atomic mass is 35.5. The van der Waals surface area contributed by atoms with Crippen molar-refractivity contribution in [2.75, 3.05) is 16.9 Å². The second-order valence-corrected chi connectivity index (χ2v) is 6.45. The van der Waals surface area contributed by atoms with Crippen LogP contribution in [0.5, 0.6) is 11.5 Å². The van der Waals surface area contributed by atoms with Crippen molar-refractivity contribution < 1.29 is 9.47 Å². The van der Waals surface area contributed by atoms with Crippen LogP contribution in [0.2, 0.25) is 5.02 Å². The number of hydrazine groups is 1. The van der Waals surface area contributed by atoms with Gasteiger partial charge >= 0.3 is 0 Å². The van der Waals surface area contributed by atoms with Crippen LogP contribution in [-0.2, 0) is 6.61 Å². The van der Waals surface area contributed by atoms with Gasteiger partial charge in [0.05, 0.1) is 6.10 Å². The molecule has 1 aromatic carbocycles. The third-order valence-corrected chi connectivity index (χ3v) is 4.41. The molecule has 0 radical (unpaired) electrons. The van der Waals surface area contributed by atoms with Crippen molar-refractivity contribution in [3.63, 3.8) is 0 Å². The number of nitrogens with zero attached hydrogens (tertiary/aromatic N) is 1. The van der Waals surface area contributed by atoms with Crippen LogP contribution in [0.25, 0.3) is 0 Å². The molecule has 8 heteroatoms. The van der Waals surface area contributed by atoms with Crippen molar-refractivity contribution in [3.05, 3.63) is 34.9 Å². The molecule has 0 amide bonds. The summed E-state index contributed by atoms with van der Waals surface area (Å²) in [6.45, 7) is 0.236. The zero-order chi connectivity index (χ0) is 17.8. The smallest absolute Gasteiger partial charge is 0.169 e. The fourth-order valence-electron chi connectivity index (χ4n) is 2.90. The molecule has 1 aliphatic carbocycles. The number of hydrogen-bond donors (Lipinski definition) is 4. The molecule has 1 fully saturated rings. The van der Waals surface area contributed by atoms with Gasteiger partial charge in [0, 0.05) is 16.7 Å². The molecule has 25 heavy (non-hydrogen) atoms. The van der Waals surface area contributed by atoms with Crippen LogP contribution in [-0.4, -0.2) is 11.1 Å². The molecule has 1 aliphatic rings. The lowest BCUT2D eigenvalue weighted by atomic mass is 10.2. The monoisotopic (exact) mass is 363 g/mol. The van der Waals surface area contributed by atoms with Gasteiger partial charge in [-0.1, -0.05) is 11.6 Å². The van der Waals surface area contributed by atoms with E-state index in [9.17, 15) is 0 Å². The summed E-state index contributed by atoms with van der Waals surface area (Å²) in [5.41, 5.74) is 15.3. The van der Waals surface area contributed by atoms with Crippen molar-refractivity contribution >= 4 is 28.9 Å². The fourth-order valence-corrected chi connectivity index (χ4v) is 3.09. The standard InChI is InChI=1S/C17H22ClN5O2/c18-11-5-6-13(25-12-3-1-2-4-12)10(7-11)9-24-14-8-15(19)22-17(23-21)16(14)20/h5-8,12H,1-4,9,20-21H2,(H3,19,22,23). The number of nitrogens with one attached hydrogen (secondary N) is 1. The highest BCUT2D eigenvalue weighted by molar-refractivity contribution is 6.30. The predicted octanol–water partition coefficient (Wildman–Crippen LogP) is 3.09. The first-order chi connectivity index (χ1) is 12.1. The largest absolute Gasteiger partial charge is 0.490 e. The molecule has 134 valence electrons. The van der Waals surface area contributed by atoms with Gasteiger partial charge in [-0.3, -0.25) is 0 Å². The van der Waals surface area contributed by atoms with E-state index in [-0.39, 0.29) is 30.0 Å². The highest BCUT2D eigenvalue weighted by Crippen LogP contribution is 2.33. The topological polar surface area (TPSA) is 121 Å². The maximum atomic E-state index is 6.13. The van der Waals surface area contributed by atoms with Crippen molar-refractivity contribution in [2.24, 2.45) is 5.84 Å². The van der Waals surface area contributed by atoms with Gasteiger partial charge in [-0.15, -0.1) is 0 Å². The Morgan fingerprint density at radius 2 is 1.92 bits per heavy atom. The molecule has 7 nitrogen and oxygen atoms in total. The number of ether oxygens (including phenoxy) is 2. The quantitative estimate of drug-likeness (QED) is 0.459. The summed E-state index contributed by atoms with van der Waals surface area (Å²) in [5, 5.41) is 0.615. The van der Waals surface area contributed by atoms with E-state index in [1.807, 2.05) is 18.2 Å². The molecule has 2 aromatic rings. The number of nitrogens with two attached hydrogens (primary N) is 3. The second kappa shape index (κ2) is 7.67. The predicted molar refractivity (Wildman–Crippen MR) is 99.5 cm³/mol. The Hall–Kier alpha value is -2.38. The molecule has 0 unspecified atom stereocenters. The lowest BCUT2D eigenvalue weighted by Crippen LogP contribution is -2.14. The van der Waals surface area contributed by atoms with Crippen LogP contribution in [0.1, 0.15) is 31.2 Å². The van der Waals surface area contributed by atoms with E-state index in [1.165, 1.54) is 12.8 Å². The molecule has 0 atom stereocenters. The van der Waals surface area contributed by atoms with E-state index in [0.717, 1.165) is 24.2 Å². The average molecular weight is 364 g/mol. The molecular formula is C17H22ClN5O2. The molecule has 0 bridgehead atoms. The Bertz CT molecular complexity index is 750. The van der Waals surface area contributed by atoms with E-state index in [1.54, 1.807) is 6.07 Å². The normalized spacial score (nSPS) is 14.5. The highest BCUT2D eigenvalue weighted by Gasteiger charge is 2.18. The van der Waals surface area contributed by atoms with E-state index in [2.05, 4.69) is 10.4 Å². The van der Waals surface area contributed by atoms with E-state index >= 15 is 0 Å². The van der Waals surface area contributed by atoms with E-state index in [4.69, 9.17) is 38.4 Å². The lowest BCUT2D eigenvalue weighted by molar-refractivity contribution is 0.202. The molecule has 1 heterocycles. The first-order valence-corrected chi connectivity index (χ1v) is 8.55. The van der Waals surface area contributed by atoms with Gasteiger partial charge < -0.3 is 26.4 Å². The van der Waals surface area contributed by atoms with E-state index < -0.39 is 0 Å². The maximum absolute atomic E-state index is 6.13. The third kappa shape index (κ3) is 4.18. The average Bonchev–Trinajstić information content (AvgIpc) is 3.10. The summed E-state index contributed by atoms with van der Waals surface area (Å²) in [4.78, 5) is 4.00. The van der Waals surface area contributed by atoms with Crippen molar-refractivity contribution in [2.45, 2.75) is 38.4 Å². The van der Waals surface area contributed by atoms with E-state index in [0.29, 0.717) is 10.8 Å². The second-order valence-electron chi connectivity index (χ2n) is 6.02. The van der Waals surface area contributed by atoms with Gasteiger partial charge in [0.25, 0.3) is 0 Å². The molecule has 7 N–H and O–H groups in total. The molecule has 0 spiro atoms. The number of benzene rings is 1. The fraction of sp³-hybridized carbons (Fsp3) is 0.353. The van der Waals surface area contributed by atoms with Gasteiger partial charge in [-0.05, 0) is 43.9 Å². The minimum absolute atomic E-state index is 0.236. The SMILES string of the molecule is NNc1nc(N)cc(OCc2cc(Cl)ccc2OC2CCCC2)c1N.